The molecule has 2 bridgehead atoms. The summed E-state index contributed by atoms with van der Waals surface area (Å²) in [7, 11) is -8.05. The molecule has 0 aromatic rings. The third kappa shape index (κ3) is 3.04. The van der Waals surface area contributed by atoms with E-state index in [1.165, 1.54) is 0 Å². The largest absolute Gasteiger partial charge is 0.507 e. The average molecular weight is 324 g/mol. The van der Waals surface area contributed by atoms with Crippen molar-refractivity contribution in [1.82, 2.24) is 8.43 Å². The van der Waals surface area contributed by atoms with E-state index < -0.39 is 32.6 Å². The van der Waals surface area contributed by atoms with E-state index in [-0.39, 0.29) is 0 Å². The summed E-state index contributed by atoms with van der Waals surface area (Å²) in [6, 6.07) is 0. The number of rotatable bonds is 5. The summed E-state index contributed by atoms with van der Waals surface area (Å²) < 4.78 is 55.4. The van der Waals surface area contributed by atoms with Crippen molar-refractivity contribution in [3.63, 3.8) is 0 Å². The zero-order chi connectivity index (χ0) is 15.2. The van der Waals surface area contributed by atoms with E-state index in [9.17, 15) is 16.8 Å². The van der Waals surface area contributed by atoms with Gasteiger partial charge in [0.25, 0.3) is 0 Å². The van der Waals surface area contributed by atoms with E-state index in [0.29, 0.717) is 19.7 Å². The van der Waals surface area contributed by atoms with E-state index in [0.717, 1.165) is 40.2 Å². The fraction of sp³-hybridized carbons (Fsp3) is 1.00. The molecular formula is C10H21BN2O5S2. The number of hydrogen-bond donors (Lipinski definition) is 0. The van der Waals surface area contributed by atoms with Crippen molar-refractivity contribution in [2.24, 2.45) is 5.41 Å². The molecule has 0 unspecified atom stereocenters. The third-order valence-electron chi connectivity index (χ3n) is 3.93. The molecule has 3 heterocycles. The Morgan fingerprint density at radius 2 is 1.60 bits per heavy atom. The van der Waals surface area contributed by atoms with Crippen molar-refractivity contribution in [1.29, 1.82) is 0 Å². The molecule has 0 radical (unpaired) electrons. The molecule has 7 nitrogen and oxygen atoms in total. The maximum absolute atomic E-state index is 11.9. The van der Waals surface area contributed by atoms with Gasteiger partial charge in [0.1, 0.15) is 0 Å². The maximum atomic E-state index is 11.9. The summed E-state index contributed by atoms with van der Waals surface area (Å²) in [5.41, 5.74) is -0.434. The second-order valence-electron chi connectivity index (χ2n) is 5.86. The van der Waals surface area contributed by atoms with Crippen molar-refractivity contribution >= 4 is 27.2 Å². The quantitative estimate of drug-likeness (QED) is 0.649. The van der Waals surface area contributed by atoms with Crippen LogP contribution in [-0.2, 0) is 24.7 Å². The second-order valence-corrected chi connectivity index (χ2v) is 9.73. The van der Waals surface area contributed by atoms with Gasteiger partial charge in [0.15, 0.2) is 0 Å². The Balaban J connectivity index is 2.37. The molecule has 3 fully saturated rings. The molecule has 0 aliphatic carbocycles. The van der Waals surface area contributed by atoms with Gasteiger partial charge in [-0.2, -0.15) is 8.43 Å². The molecule has 3 aliphatic heterocycles. The van der Waals surface area contributed by atoms with Crippen molar-refractivity contribution in [2.45, 2.75) is 26.2 Å². The van der Waals surface area contributed by atoms with E-state index in [1.54, 1.807) is 0 Å². The Morgan fingerprint density at radius 3 is 2.00 bits per heavy atom. The molecule has 0 spiro atoms. The summed E-state index contributed by atoms with van der Waals surface area (Å²) in [6.07, 6.45) is 4.83. The van der Waals surface area contributed by atoms with Crippen LogP contribution in [0.5, 0.6) is 0 Å². The first-order valence-electron chi connectivity index (χ1n) is 6.64. The highest BCUT2D eigenvalue weighted by atomic mass is 32.2. The Bertz CT molecular complexity index is 534. The molecule has 0 atom stereocenters. The van der Waals surface area contributed by atoms with Gasteiger partial charge in [0.05, 0.1) is 12.5 Å². The number of unbranched alkanes of at least 4 members (excludes halogenated alkanes) is 1. The lowest BCUT2D eigenvalue weighted by Crippen LogP contribution is -2.73. The van der Waals surface area contributed by atoms with E-state index in [2.05, 4.69) is 6.92 Å². The van der Waals surface area contributed by atoms with Crippen LogP contribution in [0.1, 0.15) is 26.2 Å². The van der Waals surface area contributed by atoms with Crippen LogP contribution in [0, 0.1) is 5.41 Å². The van der Waals surface area contributed by atoms with Crippen molar-refractivity contribution in [2.75, 3.05) is 32.2 Å². The molecule has 3 aliphatic rings. The minimum absolute atomic E-state index is 0.336. The minimum Gasteiger partial charge on any atom is -0.406 e. The van der Waals surface area contributed by atoms with Gasteiger partial charge in [0.2, 0.25) is 20.0 Å². The molecule has 0 N–H and O–H groups in total. The molecule has 0 saturated carbocycles. The van der Waals surface area contributed by atoms with Crippen LogP contribution in [0.15, 0.2) is 0 Å². The second kappa shape index (κ2) is 5.24. The molecule has 0 aromatic carbocycles. The normalized spacial score (nSPS) is 24.2. The van der Waals surface area contributed by atoms with Gasteiger partial charge in [-0.3, -0.25) is 0 Å². The van der Waals surface area contributed by atoms with Gasteiger partial charge in [-0.1, -0.05) is 19.8 Å². The zero-order valence-corrected chi connectivity index (χ0v) is 13.7. The lowest BCUT2D eigenvalue weighted by atomic mass is 9.73. The van der Waals surface area contributed by atoms with E-state index >= 15 is 0 Å². The van der Waals surface area contributed by atoms with Gasteiger partial charge in [-0.15, -0.1) is 0 Å². The molecule has 3 rings (SSSR count). The number of sulfonamides is 2. The Kier molecular flexibility index (Phi) is 4.25. The fourth-order valence-corrected chi connectivity index (χ4v) is 4.94. The summed E-state index contributed by atoms with van der Waals surface area (Å²) in [5, 5.41) is 0. The highest BCUT2D eigenvalue weighted by Crippen LogP contribution is 2.39. The Morgan fingerprint density at radius 1 is 1.10 bits per heavy atom. The minimum atomic E-state index is -3.51. The maximum Gasteiger partial charge on any atom is 0.507 e. The van der Waals surface area contributed by atoms with Crippen LogP contribution in [0.2, 0.25) is 0 Å². The first-order chi connectivity index (χ1) is 9.09. The molecule has 116 valence electrons. The number of nitrogens with zero attached hydrogens (tertiary/aromatic N) is 2. The molecule has 0 aromatic heterocycles. The van der Waals surface area contributed by atoms with E-state index in [4.69, 9.17) is 4.65 Å². The topological polar surface area (TPSA) is 84.0 Å². The SMILES string of the molecule is CCCCC12COB(N(S(C)(=O)=O)C1)N(S(C)(=O)=O)C2. The van der Waals surface area contributed by atoms with Gasteiger partial charge < -0.3 is 4.65 Å². The molecule has 0 amide bonds. The molecule has 3 saturated heterocycles. The lowest BCUT2D eigenvalue weighted by Gasteiger charge is -2.53. The predicted octanol–water partition coefficient (Wildman–Crippen LogP) is -0.285. The van der Waals surface area contributed by atoms with Crippen molar-refractivity contribution < 1.29 is 21.5 Å². The van der Waals surface area contributed by atoms with E-state index in [1.807, 2.05) is 0 Å². The smallest absolute Gasteiger partial charge is 0.406 e. The molecular weight excluding hydrogens is 303 g/mol. The highest BCUT2D eigenvalue weighted by Gasteiger charge is 2.58. The first kappa shape index (κ1) is 16.2. The van der Waals surface area contributed by atoms with Crippen LogP contribution in [0.3, 0.4) is 0 Å². The van der Waals surface area contributed by atoms with Gasteiger partial charge in [0, 0.05) is 25.1 Å². The molecule has 20 heavy (non-hydrogen) atoms. The standard InChI is InChI=1S/C10H21BN2O5S2/c1-4-5-6-10-7-12(19(2,14)15)11(18-9-10)13(8-10)20(3,16)17/h4-9H2,1-3H3. The lowest BCUT2D eigenvalue weighted by molar-refractivity contribution is 0.0151. The zero-order valence-electron chi connectivity index (χ0n) is 12.1. The van der Waals surface area contributed by atoms with Crippen LogP contribution >= 0.6 is 0 Å². The summed E-state index contributed by atoms with van der Waals surface area (Å²) in [4.78, 5) is 0. The summed E-state index contributed by atoms with van der Waals surface area (Å²) >= 11 is 0. The average Bonchev–Trinajstić information content (AvgIpc) is 2.35. The predicted molar refractivity (Wildman–Crippen MR) is 76.8 cm³/mol. The monoisotopic (exact) mass is 324 g/mol. The van der Waals surface area contributed by atoms with Crippen LogP contribution in [0.4, 0.5) is 0 Å². The van der Waals surface area contributed by atoms with Crippen LogP contribution in [-0.4, -0.2) is 64.7 Å². The van der Waals surface area contributed by atoms with Gasteiger partial charge in [-0.05, 0) is 6.42 Å². The third-order valence-corrected chi connectivity index (χ3v) is 6.25. The van der Waals surface area contributed by atoms with Gasteiger partial charge >= 0.3 is 7.19 Å². The van der Waals surface area contributed by atoms with Crippen LogP contribution in [0.25, 0.3) is 0 Å². The number of fused-ring (bicyclic) bond motifs is 3. The Hall–Kier alpha value is -0.155. The van der Waals surface area contributed by atoms with Gasteiger partial charge in [-0.25, -0.2) is 16.8 Å². The number of hydrogen-bond acceptors (Lipinski definition) is 5. The summed E-state index contributed by atoms with van der Waals surface area (Å²) in [6.45, 7) is 3.13. The fourth-order valence-electron chi connectivity index (χ4n) is 2.86. The van der Waals surface area contributed by atoms with Crippen molar-refractivity contribution in [3.8, 4) is 0 Å². The summed E-state index contributed by atoms with van der Waals surface area (Å²) in [5.74, 6) is 0. The molecule has 10 heteroatoms. The first-order valence-corrected chi connectivity index (χ1v) is 10.3. The Labute approximate surface area is 121 Å². The highest BCUT2D eigenvalue weighted by molar-refractivity contribution is 7.91. The van der Waals surface area contributed by atoms with Crippen LogP contribution < -0.4 is 0 Å². The van der Waals surface area contributed by atoms with Crippen molar-refractivity contribution in [3.05, 3.63) is 0 Å².